The van der Waals surface area contributed by atoms with Crippen LogP contribution in [0.3, 0.4) is 0 Å². The van der Waals surface area contributed by atoms with Crippen molar-refractivity contribution in [2.45, 2.75) is 44.3 Å². The Hall–Kier alpha value is -0.770. The van der Waals surface area contributed by atoms with Crippen LogP contribution in [0.25, 0.3) is 0 Å². The van der Waals surface area contributed by atoms with Crippen LogP contribution < -0.4 is 10.6 Å². The third-order valence-corrected chi connectivity index (χ3v) is 3.92. The van der Waals surface area contributed by atoms with Gasteiger partial charge in [0.2, 0.25) is 0 Å². The third-order valence-electron chi connectivity index (χ3n) is 3.92. The molecule has 1 aliphatic carbocycles. The zero-order valence-electron chi connectivity index (χ0n) is 9.20. The Morgan fingerprint density at radius 1 is 1.40 bits per heavy atom. The number of nitrogens with zero attached hydrogens (tertiary/aromatic N) is 1. The standard InChI is InChI=1S/C11H19N3O/c1-7-4-8-5-12-6-10(8)14(7)11(15)13-9-2-3-9/h7-10,12H,2-6H2,1H3,(H,13,15). The van der Waals surface area contributed by atoms with Gasteiger partial charge in [0.1, 0.15) is 0 Å². The molecule has 0 aromatic rings. The Morgan fingerprint density at radius 3 is 2.93 bits per heavy atom. The molecular weight excluding hydrogens is 190 g/mol. The van der Waals surface area contributed by atoms with Crippen LogP contribution in [0.15, 0.2) is 0 Å². The molecular formula is C11H19N3O. The van der Waals surface area contributed by atoms with Crippen LogP contribution in [0.2, 0.25) is 0 Å². The molecule has 4 nitrogen and oxygen atoms in total. The van der Waals surface area contributed by atoms with E-state index in [-0.39, 0.29) is 6.03 Å². The number of fused-ring (bicyclic) bond motifs is 1. The van der Waals surface area contributed by atoms with E-state index in [1.54, 1.807) is 0 Å². The molecule has 0 bridgehead atoms. The van der Waals surface area contributed by atoms with E-state index in [2.05, 4.69) is 22.5 Å². The van der Waals surface area contributed by atoms with E-state index < -0.39 is 0 Å². The number of amides is 2. The highest BCUT2D eigenvalue weighted by molar-refractivity contribution is 5.76. The van der Waals surface area contributed by atoms with Gasteiger partial charge in [-0.05, 0) is 32.1 Å². The summed E-state index contributed by atoms with van der Waals surface area (Å²) in [4.78, 5) is 14.1. The largest absolute Gasteiger partial charge is 0.335 e. The van der Waals surface area contributed by atoms with Crippen LogP contribution in [0.5, 0.6) is 0 Å². The predicted octanol–water partition coefficient (Wildman–Crippen LogP) is 0.541. The van der Waals surface area contributed by atoms with Crippen molar-refractivity contribution in [3.63, 3.8) is 0 Å². The van der Waals surface area contributed by atoms with Gasteiger partial charge < -0.3 is 15.5 Å². The second-order valence-corrected chi connectivity index (χ2v) is 5.20. The topological polar surface area (TPSA) is 44.4 Å². The van der Waals surface area contributed by atoms with Crippen molar-refractivity contribution >= 4 is 6.03 Å². The minimum atomic E-state index is 0.168. The fraction of sp³-hybridized carbons (Fsp3) is 0.909. The smallest absolute Gasteiger partial charge is 0.318 e. The molecule has 84 valence electrons. The summed E-state index contributed by atoms with van der Waals surface area (Å²) < 4.78 is 0. The lowest BCUT2D eigenvalue weighted by atomic mass is 10.0. The molecule has 3 rings (SSSR count). The molecule has 2 amide bonds. The van der Waals surface area contributed by atoms with Crippen LogP contribution in [-0.4, -0.2) is 42.1 Å². The maximum atomic E-state index is 12.0. The van der Waals surface area contributed by atoms with E-state index in [0.717, 1.165) is 19.5 Å². The highest BCUT2D eigenvalue weighted by Gasteiger charge is 2.44. The molecule has 4 heteroatoms. The molecule has 15 heavy (non-hydrogen) atoms. The summed E-state index contributed by atoms with van der Waals surface area (Å²) in [5, 5.41) is 6.48. The molecule has 2 saturated heterocycles. The minimum absolute atomic E-state index is 0.168. The molecule has 0 aromatic heterocycles. The predicted molar refractivity (Wildman–Crippen MR) is 57.6 cm³/mol. The zero-order valence-corrected chi connectivity index (χ0v) is 9.20. The summed E-state index contributed by atoms with van der Waals surface area (Å²) in [6.45, 7) is 4.24. The van der Waals surface area contributed by atoms with Gasteiger partial charge in [0.05, 0.1) is 6.04 Å². The van der Waals surface area contributed by atoms with Gasteiger partial charge in [-0.15, -0.1) is 0 Å². The quantitative estimate of drug-likeness (QED) is 0.662. The van der Waals surface area contributed by atoms with Gasteiger partial charge in [-0.1, -0.05) is 0 Å². The van der Waals surface area contributed by atoms with E-state index in [1.807, 2.05) is 0 Å². The summed E-state index contributed by atoms with van der Waals surface area (Å²) in [7, 11) is 0. The molecule has 0 radical (unpaired) electrons. The fourth-order valence-corrected chi connectivity index (χ4v) is 2.99. The SMILES string of the molecule is CC1CC2CNCC2N1C(=O)NC1CC1. The van der Waals surface area contributed by atoms with Crippen molar-refractivity contribution in [1.82, 2.24) is 15.5 Å². The number of rotatable bonds is 1. The fourth-order valence-electron chi connectivity index (χ4n) is 2.99. The molecule has 3 unspecified atom stereocenters. The average Bonchev–Trinajstić information content (AvgIpc) is 2.76. The van der Waals surface area contributed by atoms with Gasteiger partial charge in [-0.25, -0.2) is 4.79 Å². The number of nitrogens with one attached hydrogen (secondary N) is 2. The van der Waals surface area contributed by atoms with Crippen LogP contribution >= 0.6 is 0 Å². The van der Waals surface area contributed by atoms with Crippen LogP contribution in [0, 0.1) is 5.92 Å². The molecule has 3 atom stereocenters. The Kier molecular flexibility index (Phi) is 2.12. The van der Waals surface area contributed by atoms with E-state index >= 15 is 0 Å². The normalized spacial score (nSPS) is 39.3. The number of carbonyl (C=O) groups is 1. The third kappa shape index (κ3) is 1.61. The van der Waals surface area contributed by atoms with Gasteiger partial charge >= 0.3 is 6.03 Å². The van der Waals surface area contributed by atoms with Crippen molar-refractivity contribution < 1.29 is 4.79 Å². The first-order valence-corrected chi connectivity index (χ1v) is 6.05. The number of hydrogen-bond acceptors (Lipinski definition) is 2. The monoisotopic (exact) mass is 209 g/mol. The van der Waals surface area contributed by atoms with E-state index in [1.165, 1.54) is 12.8 Å². The summed E-state index contributed by atoms with van der Waals surface area (Å²) in [5.74, 6) is 0.685. The Morgan fingerprint density at radius 2 is 2.20 bits per heavy atom. The van der Waals surface area contributed by atoms with Crippen molar-refractivity contribution in [3.05, 3.63) is 0 Å². The van der Waals surface area contributed by atoms with Gasteiger partial charge in [-0.2, -0.15) is 0 Å². The van der Waals surface area contributed by atoms with Gasteiger partial charge in [0.25, 0.3) is 0 Å². The van der Waals surface area contributed by atoms with Crippen molar-refractivity contribution in [3.8, 4) is 0 Å². The lowest BCUT2D eigenvalue weighted by molar-refractivity contribution is 0.176. The summed E-state index contributed by atoms with van der Waals surface area (Å²) in [6, 6.07) is 1.50. The number of urea groups is 1. The molecule has 3 aliphatic rings. The Labute approximate surface area is 90.4 Å². The Balaban J connectivity index is 1.69. The van der Waals surface area contributed by atoms with Crippen molar-refractivity contribution in [2.75, 3.05) is 13.1 Å². The summed E-state index contributed by atoms with van der Waals surface area (Å²) >= 11 is 0. The van der Waals surface area contributed by atoms with Crippen LogP contribution in [0.4, 0.5) is 4.79 Å². The summed E-state index contributed by atoms with van der Waals surface area (Å²) in [6.07, 6.45) is 3.50. The molecule has 0 spiro atoms. The highest BCUT2D eigenvalue weighted by Crippen LogP contribution is 2.32. The average molecular weight is 209 g/mol. The summed E-state index contributed by atoms with van der Waals surface area (Å²) in [5.41, 5.74) is 0. The lowest BCUT2D eigenvalue weighted by Gasteiger charge is -2.27. The first-order chi connectivity index (χ1) is 7.25. The first kappa shape index (κ1) is 9.46. The van der Waals surface area contributed by atoms with Gasteiger partial charge in [0, 0.05) is 25.2 Å². The molecule has 2 heterocycles. The second kappa shape index (κ2) is 3.37. The lowest BCUT2D eigenvalue weighted by Crippen LogP contribution is -2.48. The van der Waals surface area contributed by atoms with Crippen LogP contribution in [0.1, 0.15) is 26.2 Å². The number of hydrogen-bond donors (Lipinski definition) is 2. The van der Waals surface area contributed by atoms with Gasteiger partial charge in [-0.3, -0.25) is 0 Å². The Bertz CT molecular complexity index is 277. The molecule has 2 aliphatic heterocycles. The zero-order chi connectivity index (χ0) is 10.4. The second-order valence-electron chi connectivity index (χ2n) is 5.20. The van der Waals surface area contributed by atoms with Crippen molar-refractivity contribution in [1.29, 1.82) is 0 Å². The number of likely N-dealkylation sites (tertiary alicyclic amines) is 1. The van der Waals surface area contributed by atoms with Crippen LogP contribution in [-0.2, 0) is 0 Å². The van der Waals surface area contributed by atoms with Gasteiger partial charge in [0.15, 0.2) is 0 Å². The highest BCUT2D eigenvalue weighted by atomic mass is 16.2. The van der Waals surface area contributed by atoms with E-state index in [4.69, 9.17) is 0 Å². The molecule has 0 aromatic carbocycles. The van der Waals surface area contributed by atoms with E-state index in [0.29, 0.717) is 24.0 Å². The first-order valence-electron chi connectivity index (χ1n) is 6.05. The maximum Gasteiger partial charge on any atom is 0.318 e. The number of carbonyl (C=O) groups excluding carboxylic acids is 1. The minimum Gasteiger partial charge on any atom is -0.335 e. The molecule has 3 fully saturated rings. The maximum absolute atomic E-state index is 12.0. The van der Waals surface area contributed by atoms with E-state index in [9.17, 15) is 4.79 Å². The van der Waals surface area contributed by atoms with Crippen molar-refractivity contribution in [2.24, 2.45) is 5.92 Å². The molecule has 2 N–H and O–H groups in total. The molecule has 1 saturated carbocycles.